The Morgan fingerprint density at radius 1 is 1.23 bits per heavy atom. The normalized spacial score (nSPS) is 11.2. The van der Waals surface area contributed by atoms with E-state index in [1.165, 1.54) is 30.7 Å². The number of nitrogens with zero attached hydrogens (tertiary/aromatic N) is 2. The van der Waals surface area contributed by atoms with E-state index in [-0.39, 0.29) is 12.1 Å². The molecule has 3 aromatic rings. The first-order valence-electron chi connectivity index (χ1n) is 7.10. The van der Waals surface area contributed by atoms with Crippen LogP contribution < -0.4 is 15.0 Å². The molecule has 0 atom stereocenters. The third-order valence-corrected chi connectivity index (χ3v) is 3.24. The van der Waals surface area contributed by atoms with E-state index >= 15 is 0 Å². The molecule has 0 aliphatic heterocycles. The van der Waals surface area contributed by atoms with Crippen LogP contribution in [0.4, 0.5) is 29.3 Å². The average Bonchev–Trinajstić information content (AvgIpc) is 3.02. The molecule has 0 saturated heterocycles. The van der Waals surface area contributed by atoms with E-state index in [1.807, 2.05) is 0 Å². The molecular formula is C16H10F3N3O4. The Morgan fingerprint density at radius 2 is 2.04 bits per heavy atom. The molecule has 0 radical (unpaired) electrons. The number of imide groups is 1. The number of hydrogen-bond donors (Lipinski definition) is 1. The topological polar surface area (TPSA) is 84.7 Å². The monoisotopic (exact) mass is 365 g/mol. The Kier molecular flexibility index (Phi) is 4.48. The fourth-order valence-corrected chi connectivity index (χ4v) is 2.17. The highest BCUT2D eigenvalue weighted by atomic mass is 19.4. The maximum atomic E-state index is 12.3. The van der Waals surface area contributed by atoms with Crippen LogP contribution in [0.15, 0.2) is 53.3 Å². The average molecular weight is 365 g/mol. The van der Waals surface area contributed by atoms with E-state index < -0.39 is 18.1 Å². The van der Waals surface area contributed by atoms with Gasteiger partial charge in [-0.15, -0.1) is 13.2 Å². The zero-order chi connectivity index (χ0) is 18.7. The van der Waals surface area contributed by atoms with Gasteiger partial charge in [0.05, 0.1) is 5.69 Å². The molecule has 7 nitrogen and oxygen atoms in total. The van der Waals surface area contributed by atoms with Crippen molar-refractivity contribution in [2.24, 2.45) is 0 Å². The van der Waals surface area contributed by atoms with Gasteiger partial charge in [-0.2, -0.15) is 0 Å². The summed E-state index contributed by atoms with van der Waals surface area (Å²) in [5, 5.41) is 2.45. The van der Waals surface area contributed by atoms with Crippen molar-refractivity contribution < 1.29 is 31.9 Å². The number of halogens is 3. The Labute approximate surface area is 144 Å². The van der Waals surface area contributed by atoms with Gasteiger partial charge < -0.3 is 14.5 Å². The van der Waals surface area contributed by atoms with Crippen molar-refractivity contribution in [3.63, 3.8) is 0 Å². The van der Waals surface area contributed by atoms with Crippen LogP contribution in [0.3, 0.4) is 0 Å². The minimum atomic E-state index is -4.89. The quantitative estimate of drug-likeness (QED) is 0.709. The van der Waals surface area contributed by atoms with Crippen molar-refractivity contribution in [2.45, 2.75) is 6.36 Å². The van der Waals surface area contributed by atoms with Crippen LogP contribution in [0.5, 0.6) is 5.75 Å². The maximum Gasteiger partial charge on any atom is 0.573 e. The van der Waals surface area contributed by atoms with Crippen LogP contribution >= 0.6 is 0 Å². The minimum Gasteiger partial charge on any atom is -0.443 e. The second-order valence-electron chi connectivity index (χ2n) is 4.99. The van der Waals surface area contributed by atoms with E-state index in [4.69, 9.17) is 4.42 Å². The van der Waals surface area contributed by atoms with Crippen molar-refractivity contribution in [1.82, 2.24) is 4.98 Å². The number of oxazole rings is 1. The number of hydrogen-bond acceptors (Lipinski definition) is 5. The van der Waals surface area contributed by atoms with Gasteiger partial charge in [0.15, 0.2) is 12.0 Å². The fraction of sp³-hybridized carbons (Fsp3) is 0.0625. The number of benzene rings is 2. The summed E-state index contributed by atoms with van der Waals surface area (Å²) in [6, 6.07) is 8.23. The van der Waals surface area contributed by atoms with Gasteiger partial charge in [0.1, 0.15) is 11.3 Å². The Hall–Kier alpha value is -3.56. The summed E-state index contributed by atoms with van der Waals surface area (Å²) in [4.78, 5) is 28.1. The smallest absolute Gasteiger partial charge is 0.443 e. The largest absolute Gasteiger partial charge is 0.573 e. The molecule has 0 unspecified atom stereocenters. The fourth-order valence-electron chi connectivity index (χ4n) is 2.17. The number of anilines is 2. The molecule has 3 rings (SSSR count). The molecule has 2 aromatic carbocycles. The van der Waals surface area contributed by atoms with Crippen molar-refractivity contribution in [3.05, 3.63) is 48.9 Å². The SMILES string of the molecule is O=CN(C(=O)Nc1ccc2ncoc2c1)c1cccc(OC(F)(F)F)c1. The Balaban J connectivity index is 1.80. The van der Waals surface area contributed by atoms with Crippen molar-refractivity contribution in [2.75, 3.05) is 10.2 Å². The predicted octanol–water partition coefficient (Wildman–Crippen LogP) is 3.92. The lowest BCUT2D eigenvalue weighted by atomic mass is 10.2. The second kappa shape index (κ2) is 6.75. The number of carbonyl (C=O) groups is 2. The molecule has 0 fully saturated rings. The van der Waals surface area contributed by atoms with Crippen molar-refractivity contribution in [3.8, 4) is 5.75 Å². The Morgan fingerprint density at radius 3 is 2.77 bits per heavy atom. The van der Waals surface area contributed by atoms with Crippen LogP contribution in [0.2, 0.25) is 0 Å². The summed E-state index contributed by atoms with van der Waals surface area (Å²) >= 11 is 0. The molecule has 1 heterocycles. The zero-order valence-electron chi connectivity index (χ0n) is 12.9. The van der Waals surface area contributed by atoms with Gasteiger partial charge in [-0.1, -0.05) is 6.07 Å². The predicted molar refractivity (Wildman–Crippen MR) is 84.7 cm³/mol. The standard InChI is InChI=1S/C16H10F3N3O4/c17-16(18,19)26-12-3-1-2-11(7-12)22(9-23)15(24)21-10-4-5-13-14(6-10)25-8-20-13/h1-9H,(H,21,24). The highest BCUT2D eigenvalue weighted by Gasteiger charge is 2.31. The second-order valence-corrected chi connectivity index (χ2v) is 4.99. The van der Waals surface area contributed by atoms with Crippen LogP contribution in [-0.2, 0) is 4.79 Å². The summed E-state index contributed by atoms with van der Waals surface area (Å²) in [5.41, 5.74) is 1.21. The van der Waals surface area contributed by atoms with Gasteiger partial charge in [-0.3, -0.25) is 4.79 Å². The van der Waals surface area contributed by atoms with Crippen LogP contribution in [-0.4, -0.2) is 23.8 Å². The number of carbonyl (C=O) groups excluding carboxylic acids is 2. The summed E-state index contributed by atoms with van der Waals surface area (Å²) in [5.74, 6) is -0.558. The van der Waals surface area contributed by atoms with Gasteiger partial charge in [0.2, 0.25) is 6.41 Å². The molecule has 26 heavy (non-hydrogen) atoms. The van der Waals surface area contributed by atoms with E-state index in [9.17, 15) is 22.8 Å². The number of urea groups is 1. The number of amides is 3. The number of aromatic nitrogens is 1. The highest BCUT2D eigenvalue weighted by Crippen LogP contribution is 2.27. The van der Waals surface area contributed by atoms with E-state index in [0.29, 0.717) is 21.7 Å². The number of alkyl halides is 3. The molecule has 3 amide bonds. The number of ether oxygens (including phenoxy) is 1. The molecule has 1 aromatic heterocycles. The maximum absolute atomic E-state index is 12.3. The zero-order valence-corrected chi connectivity index (χ0v) is 12.9. The first-order valence-corrected chi connectivity index (χ1v) is 7.10. The summed E-state index contributed by atoms with van der Waals surface area (Å²) in [6.07, 6.45) is -3.48. The minimum absolute atomic E-state index is 0.0972. The number of rotatable bonds is 4. The van der Waals surface area contributed by atoms with Gasteiger partial charge in [0.25, 0.3) is 0 Å². The molecule has 0 aliphatic rings. The lowest BCUT2D eigenvalue weighted by Gasteiger charge is -2.17. The molecule has 0 saturated carbocycles. The molecule has 10 heteroatoms. The van der Waals surface area contributed by atoms with Crippen molar-refractivity contribution in [1.29, 1.82) is 0 Å². The molecular weight excluding hydrogens is 355 g/mol. The Bertz CT molecular complexity index is 955. The van der Waals surface area contributed by atoms with Crippen LogP contribution in [0, 0.1) is 0 Å². The van der Waals surface area contributed by atoms with Gasteiger partial charge in [-0.05, 0) is 24.3 Å². The molecule has 0 aliphatic carbocycles. The summed E-state index contributed by atoms with van der Waals surface area (Å²) in [6.45, 7) is 0. The van der Waals surface area contributed by atoms with Gasteiger partial charge in [0, 0.05) is 17.8 Å². The molecule has 134 valence electrons. The van der Waals surface area contributed by atoms with Crippen molar-refractivity contribution >= 4 is 34.9 Å². The molecule has 0 bridgehead atoms. The molecule has 1 N–H and O–H groups in total. The highest BCUT2D eigenvalue weighted by molar-refractivity contribution is 6.12. The van der Waals surface area contributed by atoms with Crippen LogP contribution in [0.1, 0.15) is 0 Å². The molecule has 0 spiro atoms. The van der Waals surface area contributed by atoms with E-state index in [1.54, 1.807) is 6.07 Å². The lowest BCUT2D eigenvalue weighted by molar-refractivity contribution is -0.274. The number of nitrogens with one attached hydrogen (secondary N) is 1. The number of fused-ring (bicyclic) bond motifs is 1. The third kappa shape index (κ3) is 3.91. The van der Waals surface area contributed by atoms with E-state index in [0.717, 1.165) is 12.1 Å². The third-order valence-electron chi connectivity index (χ3n) is 3.24. The first kappa shape index (κ1) is 17.3. The van der Waals surface area contributed by atoms with E-state index in [2.05, 4.69) is 15.0 Å². The van der Waals surface area contributed by atoms with Gasteiger partial charge in [-0.25, -0.2) is 14.7 Å². The first-order chi connectivity index (χ1) is 12.4. The summed E-state index contributed by atoms with van der Waals surface area (Å²) < 4.78 is 45.8. The lowest BCUT2D eigenvalue weighted by Crippen LogP contribution is -2.33. The van der Waals surface area contributed by atoms with Gasteiger partial charge >= 0.3 is 12.4 Å². The van der Waals surface area contributed by atoms with Crippen LogP contribution in [0.25, 0.3) is 11.1 Å². The summed E-state index contributed by atoms with van der Waals surface area (Å²) in [7, 11) is 0.